The molecule has 7 N–H and O–H groups in total. The fraction of sp³-hybridized carbons (Fsp3) is 0.200. The highest BCUT2D eigenvalue weighted by Crippen LogP contribution is 2.13. The molecule has 0 fully saturated rings. The molecule has 1 atom stereocenters. The summed E-state index contributed by atoms with van der Waals surface area (Å²) < 4.78 is 5.48. The van der Waals surface area contributed by atoms with Crippen LogP contribution in [-0.4, -0.2) is 34.4 Å². The number of H-pyrrole nitrogens is 2. The number of carbonyl (C=O) groups is 2. The van der Waals surface area contributed by atoms with Crippen LogP contribution in [0.5, 0.6) is 5.75 Å². The number of ether oxygens (including phenoxy) is 1. The molecule has 0 unspecified atom stereocenters. The second-order valence-electron chi connectivity index (χ2n) is 5.27. The lowest BCUT2D eigenvalue weighted by molar-refractivity contribution is 0.0921. The maximum atomic E-state index is 12.1. The molecule has 0 spiro atoms. The van der Waals surface area contributed by atoms with Crippen LogP contribution >= 0.6 is 0 Å². The zero-order valence-corrected chi connectivity index (χ0v) is 13.3. The predicted octanol–water partition coefficient (Wildman–Crippen LogP) is -1.06. The van der Waals surface area contributed by atoms with Gasteiger partial charge in [-0.1, -0.05) is 6.07 Å². The number of rotatable bonds is 6. The number of aromatic nitrogens is 2. The molecule has 1 aromatic heterocycles. The molecular formula is C15H17N5O5. The van der Waals surface area contributed by atoms with Crippen LogP contribution in [0.4, 0.5) is 5.69 Å². The number of nitrogen functional groups attached to an aromatic ring is 1. The summed E-state index contributed by atoms with van der Waals surface area (Å²) in [5.74, 6) is -0.898. The monoisotopic (exact) mass is 347 g/mol. The van der Waals surface area contributed by atoms with Crippen LogP contribution in [0.25, 0.3) is 0 Å². The van der Waals surface area contributed by atoms with Crippen LogP contribution in [0.15, 0.2) is 33.9 Å². The van der Waals surface area contributed by atoms with Gasteiger partial charge >= 0.3 is 5.69 Å². The number of carbonyl (C=O) groups excluding carboxylic acids is 2. The van der Waals surface area contributed by atoms with Crippen LogP contribution in [-0.2, 0) is 0 Å². The molecule has 2 rings (SSSR count). The molecule has 0 aliphatic rings. The second-order valence-corrected chi connectivity index (χ2v) is 5.27. The van der Waals surface area contributed by atoms with E-state index in [1.807, 2.05) is 4.98 Å². The molecule has 0 bridgehead atoms. The molecule has 132 valence electrons. The highest BCUT2D eigenvalue weighted by molar-refractivity contribution is 5.97. The number of benzene rings is 1. The minimum absolute atomic E-state index is 0.0707. The van der Waals surface area contributed by atoms with Crippen molar-refractivity contribution in [3.63, 3.8) is 0 Å². The summed E-state index contributed by atoms with van der Waals surface area (Å²) in [6, 6.07) is 5.79. The van der Waals surface area contributed by atoms with Crippen molar-refractivity contribution < 1.29 is 14.3 Å². The first-order valence-corrected chi connectivity index (χ1v) is 7.23. The van der Waals surface area contributed by atoms with Crippen molar-refractivity contribution in [2.24, 2.45) is 5.73 Å². The molecule has 1 heterocycles. The first-order chi connectivity index (χ1) is 11.8. The van der Waals surface area contributed by atoms with Crippen molar-refractivity contribution in [1.29, 1.82) is 0 Å². The van der Waals surface area contributed by atoms with E-state index in [0.717, 1.165) is 0 Å². The Labute approximate surface area is 141 Å². The molecule has 0 radical (unpaired) electrons. The predicted molar refractivity (Wildman–Crippen MR) is 89.5 cm³/mol. The van der Waals surface area contributed by atoms with Gasteiger partial charge in [0.05, 0.1) is 6.04 Å². The number of aromatic amines is 2. The minimum atomic E-state index is -0.846. The van der Waals surface area contributed by atoms with E-state index in [2.05, 4.69) is 10.3 Å². The Morgan fingerprint density at radius 1 is 1.28 bits per heavy atom. The normalized spacial score (nSPS) is 11.6. The molecular weight excluding hydrogens is 330 g/mol. The van der Waals surface area contributed by atoms with Gasteiger partial charge in [-0.15, -0.1) is 0 Å². The molecule has 0 saturated heterocycles. The first-order valence-electron chi connectivity index (χ1n) is 7.23. The molecule has 1 aromatic carbocycles. The number of primary amides is 1. The van der Waals surface area contributed by atoms with Gasteiger partial charge in [0.15, 0.2) is 0 Å². The molecule has 0 saturated carbocycles. The Morgan fingerprint density at radius 3 is 2.68 bits per heavy atom. The van der Waals surface area contributed by atoms with Gasteiger partial charge in [-0.25, -0.2) is 4.79 Å². The number of nitrogens with two attached hydrogens (primary N) is 2. The molecule has 2 amide bonds. The summed E-state index contributed by atoms with van der Waals surface area (Å²) in [4.78, 5) is 50.0. The lowest BCUT2D eigenvalue weighted by Crippen LogP contribution is -2.40. The number of hydrogen-bond acceptors (Lipinski definition) is 6. The van der Waals surface area contributed by atoms with Gasteiger partial charge in [0, 0.05) is 5.56 Å². The largest absolute Gasteiger partial charge is 0.491 e. The van der Waals surface area contributed by atoms with Crippen molar-refractivity contribution in [3.8, 4) is 5.75 Å². The zero-order valence-electron chi connectivity index (χ0n) is 13.3. The Bertz CT molecular complexity index is 917. The summed E-state index contributed by atoms with van der Waals surface area (Å²) in [6.45, 7) is 1.72. The fourth-order valence-electron chi connectivity index (χ4n) is 1.97. The van der Waals surface area contributed by atoms with Crippen LogP contribution in [0.3, 0.4) is 0 Å². The lowest BCUT2D eigenvalue weighted by atomic mass is 10.2. The molecule has 25 heavy (non-hydrogen) atoms. The maximum Gasteiger partial charge on any atom is 0.326 e. The Balaban J connectivity index is 2.01. The maximum absolute atomic E-state index is 12.1. The quantitative estimate of drug-likeness (QED) is 0.445. The van der Waals surface area contributed by atoms with Crippen LogP contribution in [0, 0.1) is 0 Å². The Hall–Kier alpha value is -3.56. The second kappa shape index (κ2) is 7.34. The van der Waals surface area contributed by atoms with E-state index >= 15 is 0 Å². The summed E-state index contributed by atoms with van der Waals surface area (Å²) in [5, 5.41) is 2.54. The smallest absolute Gasteiger partial charge is 0.326 e. The third-order valence-corrected chi connectivity index (χ3v) is 3.20. The highest BCUT2D eigenvalue weighted by atomic mass is 16.5. The molecule has 2 aromatic rings. The van der Waals surface area contributed by atoms with Crippen molar-refractivity contribution in [2.45, 2.75) is 13.0 Å². The number of anilines is 1. The average Bonchev–Trinajstić information content (AvgIpc) is 2.56. The molecule has 0 aliphatic heterocycles. The number of amides is 2. The summed E-state index contributed by atoms with van der Waals surface area (Å²) in [6.07, 6.45) is 0. The van der Waals surface area contributed by atoms with Crippen molar-refractivity contribution in [2.75, 3.05) is 12.3 Å². The van der Waals surface area contributed by atoms with Crippen LogP contribution in [0.1, 0.15) is 27.8 Å². The summed E-state index contributed by atoms with van der Waals surface area (Å²) >= 11 is 0. The van der Waals surface area contributed by atoms with E-state index in [9.17, 15) is 19.2 Å². The summed E-state index contributed by atoms with van der Waals surface area (Å²) in [7, 11) is 0. The third-order valence-electron chi connectivity index (χ3n) is 3.20. The number of hydrogen-bond donors (Lipinski definition) is 5. The van der Waals surface area contributed by atoms with Gasteiger partial charge in [-0.2, -0.15) is 0 Å². The zero-order chi connectivity index (χ0) is 18.6. The highest BCUT2D eigenvalue weighted by Gasteiger charge is 2.16. The van der Waals surface area contributed by atoms with Gasteiger partial charge < -0.3 is 26.5 Å². The third kappa shape index (κ3) is 4.47. The SMILES string of the molecule is C[C@H](COc1cccc(C(N)=O)c1)NC(=O)c1[nH]c(=O)[nH]c(=O)c1N. The van der Waals surface area contributed by atoms with Gasteiger partial charge in [-0.05, 0) is 25.1 Å². The van der Waals surface area contributed by atoms with E-state index in [4.69, 9.17) is 16.2 Å². The molecule has 0 aliphatic carbocycles. The van der Waals surface area contributed by atoms with Crippen molar-refractivity contribution in [1.82, 2.24) is 15.3 Å². The van der Waals surface area contributed by atoms with E-state index in [0.29, 0.717) is 11.3 Å². The van der Waals surface area contributed by atoms with E-state index < -0.39 is 29.1 Å². The van der Waals surface area contributed by atoms with Crippen molar-refractivity contribution >= 4 is 17.5 Å². The molecule has 10 nitrogen and oxygen atoms in total. The van der Waals surface area contributed by atoms with E-state index in [1.165, 1.54) is 6.07 Å². The number of nitrogens with one attached hydrogen (secondary N) is 3. The first kappa shape index (κ1) is 17.8. The summed E-state index contributed by atoms with van der Waals surface area (Å²) in [5.41, 5.74) is 8.57. The van der Waals surface area contributed by atoms with Crippen molar-refractivity contribution in [3.05, 3.63) is 56.4 Å². The van der Waals surface area contributed by atoms with Gasteiger partial charge in [0.1, 0.15) is 23.7 Å². The molecule has 10 heteroatoms. The van der Waals surface area contributed by atoms with Gasteiger partial charge in [0.25, 0.3) is 11.5 Å². The lowest BCUT2D eigenvalue weighted by Gasteiger charge is -2.15. The minimum Gasteiger partial charge on any atom is -0.491 e. The topological polar surface area (TPSA) is 173 Å². The fourth-order valence-corrected chi connectivity index (χ4v) is 1.97. The average molecular weight is 347 g/mol. The van der Waals surface area contributed by atoms with E-state index in [-0.39, 0.29) is 18.0 Å². The Kier molecular flexibility index (Phi) is 5.22. The standard InChI is InChI=1S/C15H17N5O5/c1-7(6-25-9-4-2-3-8(5-9)12(17)21)18-14(23)11-10(16)13(22)20-15(24)19-11/h2-5,7H,6,16H2,1H3,(H2,17,21)(H,18,23)(H2,19,20,22,24)/t7-/m1/s1. The van der Waals surface area contributed by atoms with Gasteiger partial charge in [0.2, 0.25) is 5.91 Å². The van der Waals surface area contributed by atoms with Gasteiger partial charge in [-0.3, -0.25) is 19.4 Å². The Morgan fingerprint density at radius 2 is 2.00 bits per heavy atom. The van der Waals surface area contributed by atoms with Crippen LogP contribution in [0.2, 0.25) is 0 Å². The van der Waals surface area contributed by atoms with Crippen LogP contribution < -0.4 is 32.8 Å². The van der Waals surface area contributed by atoms with E-state index in [1.54, 1.807) is 25.1 Å².